The average Bonchev–Trinajstić information content (AvgIpc) is 2.73. The summed E-state index contributed by atoms with van der Waals surface area (Å²) in [5.41, 5.74) is 1.89. The van der Waals surface area contributed by atoms with Crippen LogP contribution in [0, 0.1) is 6.92 Å². The second-order valence-corrected chi connectivity index (χ2v) is 7.97. The lowest BCUT2D eigenvalue weighted by atomic mass is 10.1. The van der Waals surface area contributed by atoms with Gasteiger partial charge in [-0.3, -0.25) is 14.5 Å². The Balaban J connectivity index is 1.78. The highest BCUT2D eigenvalue weighted by atomic mass is 32.2. The molecule has 1 aromatic heterocycles. The SMILES string of the molecule is COc1ccc(NS(=O)(=O)c2cc(C(=O)NCc3ccccn3)ccc2C)cc1. The summed E-state index contributed by atoms with van der Waals surface area (Å²) in [6, 6.07) is 16.5. The van der Waals surface area contributed by atoms with E-state index in [2.05, 4.69) is 15.0 Å². The average molecular weight is 411 g/mol. The minimum Gasteiger partial charge on any atom is -0.497 e. The lowest BCUT2D eigenvalue weighted by Gasteiger charge is -2.12. The third-order valence-corrected chi connectivity index (χ3v) is 5.76. The third-order valence-electron chi connectivity index (χ3n) is 4.24. The number of hydrogen-bond donors (Lipinski definition) is 2. The predicted molar refractivity (Wildman–Crippen MR) is 110 cm³/mol. The number of ether oxygens (including phenoxy) is 1. The zero-order chi connectivity index (χ0) is 20.9. The molecule has 0 aliphatic heterocycles. The number of carbonyl (C=O) groups is 1. The molecule has 0 unspecified atom stereocenters. The first-order chi connectivity index (χ1) is 13.9. The third kappa shape index (κ3) is 5.11. The van der Waals surface area contributed by atoms with Gasteiger partial charge in [0.2, 0.25) is 0 Å². The molecular weight excluding hydrogens is 390 g/mol. The Morgan fingerprint density at radius 1 is 1.07 bits per heavy atom. The van der Waals surface area contributed by atoms with Crippen molar-refractivity contribution in [2.45, 2.75) is 18.4 Å². The Morgan fingerprint density at radius 3 is 2.48 bits per heavy atom. The molecule has 0 aliphatic rings. The molecule has 3 aromatic rings. The second-order valence-electron chi connectivity index (χ2n) is 6.32. The van der Waals surface area contributed by atoms with E-state index in [-0.39, 0.29) is 22.9 Å². The Hall–Kier alpha value is -3.39. The van der Waals surface area contributed by atoms with Crippen molar-refractivity contribution in [2.24, 2.45) is 0 Å². The highest BCUT2D eigenvalue weighted by Crippen LogP contribution is 2.22. The van der Waals surface area contributed by atoms with E-state index in [4.69, 9.17) is 4.74 Å². The zero-order valence-electron chi connectivity index (χ0n) is 16.0. The number of anilines is 1. The maximum Gasteiger partial charge on any atom is 0.262 e. The smallest absolute Gasteiger partial charge is 0.262 e. The molecule has 2 aromatic carbocycles. The fourth-order valence-electron chi connectivity index (χ4n) is 2.68. The summed E-state index contributed by atoms with van der Waals surface area (Å²) >= 11 is 0. The van der Waals surface area contributed by atoms with Crippen molar-refractivity contribution >= 4 is 21.6 Å². The molecule has 2 N–H and O–H groups in total. The first-order valence-electron chi connectivity index (χ1n) is 8.85. The van der Waals surface area contributed by atoms with Crippen molar-refractivity contribution in [3.05, 3.63) is 83.7 Å². The number of aryl methyl sites for hydroxylation is 1. The van der Waals surface area contributed by atoms with Crippen molar-refractivity contribution in [3.8, 4) is 5.75 Å². The van der Waals surface area contributed by atoms with Crippen molar-refractivity contribution in [2.75, 3.05) is 11.8 Å². The number of benzene rings is 2. The lowest BCUT2D eigenvalue weighted by Crippen LogP contribution is -2.24. The van der Waals surface area contributed by atoms with Crippen LogP contribution in [-0.4, -0.2) is 26.4 Å². The van der Waals surface area contributed by atoms with Gasteiger partial charge in [0.15, 0.2) is 0 Å². The number of hydrogen-bond acceptors (Lipinski definition) is 5. The second kappa shape index (κ2) is 8.74. The molecule has 150 valence electrons. The minimum absolute atomic E-state index is 0.0406. The van der Waals surface area contributed by atoms with Gasteiger partial charge in [-0.1, -0.05) is 12.1 Å². The van der Waals surface area contributed by atoms with Gasteiger partial charge in [-0.25, -0.2) is 8.42 Å². The molecule has 0 saturated carbocycles. The number of aromatic nitrogens is 1. The fourth-order valence-corrected chi connectivity index (χ4v) is 4.01. The fraction of sp³-hybridized carbons (Fsp3) is 0.143. The summed E-state index contributed by atoms with van der Waals surface area (Å²) in [7, 11) is -2.34. The van der Waals surface area contributed by atoms with Gasteiger partial charge in [0, 0.05) is 17.4 Å². The van der Waals surface area contributed by atoms with Gasteiger partial charge in [-0.05, 0) is 61.0 Å². The predicted octanol–water partition coefficient (Wildman–Crippen LogP) is 3.13. The van der Waals surface area contributed by atoms with Gasteiger partial charge in [-0.2, -0.15) is 0 Å². The van der Waals surface area contributed by atoms with E-state index in [9.17, 15) is 13.2 Å². The van der Waals surface area contributed by atoms with Crippen LogP contribution >= 0.6 is 0 Å². The van der Waals surface area contributed by atoms with E-state index in [1.54, 1.807) is 61.7 Å². The van der Waals surface area contributed by atoms with Gasteiger partial charge in [-0.15, -0.1) is 0 Å². The summed E-state index contributed by atoms with van der Waals surface area (Å²) in [4.78, 5) is 16.7. The highest BCUT2D eigenvalue weighted by molar-refractivity contribution is 7.92. The topological polar surface area (TPSA) is 97.4 Å². The summed E-state index contributed by atoms with van der Waals surface area (Å²) in [5.74, 6) is 0.243. The maximum atomic E-state index is 12.8. The molecule has 7 nitrogen and oxygen atoms in total. The summed E-state index contributed by atoms with van der Waals surface area (Å²) in [6.07, 6.45) is 1.64. The Labute approximate surface area is 169 Å². The van der Waals surface area contributed by atoms with Gasteiger partial charge >= 0.3 is 0 Å². The summed E-state index contributed by atoms with van der Waals surface area (Å²) < 4.78 is 33.3. The molecule has 3 rings (SSSR count). The van der Waals surface area contributed by atoms with Crippen LogP contribution in [0.3, 0.4) is 0 Å². The number of pyridine rings is 1. The number of rotatable bonds is 7. The molecule has 0 bridgehead atoms. The van der Waals surface area contributed by atoms with Crippen molar-refractivity contribution in [1.82, 2.24) is 10.3 Å². The maximum absolute atomic E-state index is 12.8. The standard InChI is InChI=1S/C21H21N3O4S/c1-15-6-7-16(21(25)23-14-18-5-3-4-12-22-18)13-20(15)29(26,27)24-17-8-10-19(28-2)11-9-17/h3-13,24H,14H2,1-2H3,(H,23,25). The Morgan fingerprint density at radius 2 is 1.83 bits per heavy atom. The van der Waals surface area contributed by atoms with Crippen molar-refractivity contribution in [3.63, 3.8) is 0 Å². The van der Waals surface area contributed by atoms with E-state index in [0.717, 1.165) is 0 Å². The molecule has 1 amide bonds. The molecule has 0 saturated heterocycles. The van der Waals surface area contributed by atoms with Crippen LogP contribution in [0.4, 0.5) is 5.69 Å². The normalized spacial score (nSPS) is 11.0. The Bertz CT molecular complexity index is 1100. The van der Waals surface area contributed by atoms with Crippen LogP contribution in [0.25, 0.3) is 0 Å². The molecule has 8 heteroatoms. The number of nitrogens with one attached hydrogen (secondary N) is 2. The molecule has 0 fully saturated rings. The van der Waals surface area contributed by atoms with Crippen LogP contribution in [-0.2, 0) is 16.6 Å². The van der Waals surface area contributed by atoms with Crippen LogP contribution < -0.4 is 14.8 Å². The summed E-state index contributed by atoms with van der Waals surface area (Å²) in [6.45, 7) is 1.93. The molecule has 0 radical (unpaired) electrons. The molecule has 29 heavy (non-hydrogen) atoms. The molecule has 0 aliphatic carbocycles. The summed E-state index contributed by atoms with van der Waals surface area (Å²) in [5, 5.41) is 2.75. The van der Waals surface area contributed by atoms with Crippen molar-refractivity contribution in [1.29, 1.82) is 0 Å². The largest absolute Gasteiger partial charge is 0.497 e. The van der Waals surface area contributed by atoms with E-state index < -0.39 is 10.0 Å². The van der Waals surface area contributed by atoms with E-state index in [1.165, 1.54) is 13.2 Å². The number of amides is 1. The van der Waals surface area contributed by atoms with Crippen LogP contribution in [0.1, 0.15) is 21.6 Å². The first-order valence-corrected chi connectivity index (χ1v) is 10.3. The zero-order valence-corrected chi connectivity index (χ0v) is 16.9. The minimum atomic E-state index is -3.87. The van der Waals surface area contributed by atoms with Crippen LogP contribution in [0.15, 0.2) is 71.8 Å². The van der Waals surface area contributed by atoms with Crippen molar-refractivity contribution < 1.29 is 17.9 Å². The monoisotopic (exact) mass is 411 g/mol. The highest BCUT2D eigenvalue weighted by Gasteiger charge is 2.19. The molecule has 1 heterocycles. The number of methoxy groups -OCH3 is 1. The molecular formula is C21H21N3O4S. The number of sulfonamides is 1. The van der Waals surface area contributed by atoms with Gasteiger partial charge < -0.3 is 10.1 Å². The number of carbonyl (C=O) groups excluding carboxylic acids is 1. The van der Waals surface area contributed by atoms with E-state index in [1.807, 2.05) is 6.07 Å². The van der Waals surface area contributed by atoms with E-state index in [0.29, 0.717) is 22.7 Å². The molecule has 0 spiro atoms. The number of nitrogens with zero attached hydrogens (tertiary/aromatic N) is 1. The quantitative estimate of drug-likeness (QED) is 0.623. The van der Waals surface area contributed by atoms with Gasteiger partial charge in [0.25, 0.3) is 15.9 Å². The Kier molecular flexibility index (Phi) is 6.13. The van der Waals surface area contributed by atoms with Gasteiger partial charge in [0.05, 0.1) is 24.2 Å². The van der Waals surface area contributed by atoms with Gasteiger partial charge in [0.1, 0.15) is 5.75 Å². The van der Waals surface area contributed by atoms with Crippen LogP contribution in [0.5, 0.6) is 5.75 Å². The first kappa shape index (κ1) is 20.3. The van der Waals surface area contributed by atoms with Crippen LogP contribution in [0.2, 0.25) is 0 Å². The van der Waals surface area contributed by atoms with E-state index >= 15 is 0 Å². The lowest BCUT2D eigenvalue weighted by molar-refractivity contribution is 0.0950. The molecule has 0 atom stereocenters.